The maximum atomic E-state index is 13.0. The van der Waals surface area contributed by atoms with Crippen LogP contribution in [0.4, 0.5) is 15.8 Å². The molecular formula is C11H14FN5. The molecular weight excluding hydrogens is 221 g/mol. The molecule has 0 saturated carbocycles. The van der Waals surface area contributed by atoms with Crippen molar-refractivity contribution in [3.05, 3.63) is 36.2 Å². The third kappa shape index (κ3) is 3.44. The average Bonchev–Trinajstić information content (AvgIpc) is 2.76. The Balaban J connectivity index is 1.78. The molecule has 0 aliphatic carbocycles. The summed E-state index contributed by atoms with van der Waals surface area (Å²) >= 11 is 0. The summed E-state index contributed by atoms with van der Waals surface area (Å²) in [6.45, 7) is 0.726. The molecule has 2 rings (SSSR count). The Morgan fingerprint density at radius 1 is 1.35 bits per heavy atom. The average molecular weight is 235 g/mol. The SMILES string of the molecule is Nc1cc(F)cc(NCCCc2ncn[nH]2)c1. The van der Waals surface area contributed by atoms with Crippen molar-refractivity contribution in [2.75, 3.05) is 17.6 Å². The molecule has 17 heavy (non-hydrogen) atoms. The first-order valence-electron chi connectivity index (χ1n) is 5.38. The molecule has 0 amide bonds. The smallest absolute Gasteiger partial charge is 0.137 e. The largest absolute Gasteiger partial charge is 0.399 e. The highest BCUT2D eigenvalue weighted by molar-refractivity contribution is 5.54. The van der Waals surface area contributed by atoms with Gasteiger partial charge in [0.05, 0.1) is 0 Å². The zero-order valence-corrected chi connectivity index (χ0v) is 9.28. The molecule has 0 aliphatic rings. The summed E-state index contributed by atoms with van der Waals surface area (Å²) in [5.41, 5.74) is 6.65. The molecule has 0 radical (unpaired) electrons. The van der Waals surface area contributed by atoms with Crippen LogP contribution in [0.2, 0.25) is 0 Å². The topological polar surface area (TPSA) is 79.6 Å². The maximum absolute atomic E-state index is 13.0. The van der Waals surface area contributed by atoms with Gasteiger partial charge in [0.1, 0.15) is 18.0 Å². The van der Waals surface area contributed by atoms with E-state index in [2.05, 4.69) is 20.5 Å². The maximum Gasteiger partial charge on any atom is 0.137 e. The predicted octanol–water partition coefficient (Wildman–Crippen LogP) is 1.57. The number of benzene rings is 1. The van der Waals surface area contributed by atoms with E-state index in [1.807, 2.05) is 0 Å². The second-order valence-corrected chi connectivity index (χ2v) is 3.74. The summed E-state index contributed by atoms with van der Waals surface area (Å²) in [7, 11) is 0. The molecule has 2 aromatic rings. The zero-order chi connectivity index (χ0) is 12.1. The number of anilines is 2. The van der Waals surface area contributed by atoms with Gasteiger partial charge in [-0.2, -0.15) is 5.10 Å². The Bertz CT molecular complexity index is 448. The molecule has 0 fully saturated rings. The summed E-state index contributed by atoms with van der Waals surface area (Å²) in [5, 5.41) is 9.65. The van der Waals surface area contributed by atoms with Crippen molar-refractivity contribution in [1.29, 1.82) is 0 Å². The summed E-state index contributed by atoms with van der Waals surface area (Å²) in [5.74, 6) is 0.522. The molecule has 1 heterocycles. The monoisotopic (exact) mass is 235 g/mol. The second-order valence-electron chi connectivity index (χ2n) is 3.74. The van der Waals surface area contributed by atoms with Gasteiger partial charge in [-0.1, -0.05) is 0 Å². The van der Waals surface area contributed by atoms with E-state index in [0.29, 0.717) is 11.4 Å². The predicted molar refractivity (Wildman–Crippen MR) is 64.0 cm³/mol. The van der Waals surface area contributed by atoms with Crippen molar-refractivity contribution in [3.8, 4) is 0 Å². The van der Waals surface area contributed by atoms with Gasteiger partial charge in [0.25, 0.3) is 0 Å². The first kappa shape index (κ1) is 11.4. The minimum Gasteiger partial charge on any atom is -0.399 e. The zero-order valence-electron chi connectivity index (χ0n) is 9.28. The van der Waals surface area contributed by atoms with Crippen LogP contribution in [0.5, 0.6) is 0 Å². The number of nitrogens with one attached hydrogen (secondary N) is 2. The number of hydrogen-bond donors (Lipinski definition) is 3. The Labute approximate surface area is 98.3 Å². The lowest BCUT2D eigenvalue weighted by Crippen LogP contribution is -2.04. The minimum atomic E-state index is -0.331. The molecule has 0 bridgehead atoms. The van der Waals surface area contributed by atoms with E-state index in [9.17, 15) is 4.39 Å². The highest BCUT2D eigenvalue weighted by Gasteiger charge is 1.99. The number of aromatic amines is 1. The Hall–Kier alpha value is -2.11. The van der Waals surface area contributed by atoms with E-state index < -0.39 is 0 Å². The van der Waals surface area contributed by atoms with Gasteiger partial charge in [0.15, 0.2) is 0 Å². The lowest BCUT2D eigenvalue weighted by Gasteiger charge is -2.06. The first-order valence-corrected chi connectivity index (χ1v) is 5.38. The van der Waals surface area contributed by atoms with Crippen molar-refractivity contribution >= 4 is 11.4 Å². The third-order valence-electron chi connectivity index (χ3n) is 2.30. The van der Waals surface area contributed by atoms with Gasteiger partial charge in [0.2, 0.25) is 0 Å². The number of nitrogens with zero attached hydrogens (tertiary/aromatic N) is 2. The number of hydrogen-bond acceptors (Lipinski definition) is 4. The number of aromatic nitrogens is 3. The van der Waals surface area contributed by atoms with Crippen molar-refractivity contribution in [3.63, 3.8) is 0 Å². The lowest BCUT2D eigenvalue weighted by atomic mass is 10.2. The molecule has 6 heteroatoms. The molecule has 1 aromatic heterocycles. The fourth-order valence-electron chi connectivity index (χ4n) is 1.55. The van der Waals surface area contributed by atoms with E-state index in [1.54, 1.807) is 6.07 Å². The summed E-state index contributed by atoms with van der Waals surface area (Å²) < 4.78 is 13.0. The fraction of sp³-hybridized carbons (Fsp3) is 0.273. The van der Waals surface area contributed by atoms with Crippen molar-refractivity contribution in [1.82, 2.24) is 15.2 Å². The van der Waals surface area contributed by atoms with Gasteiger partial charge < -0.3 is 11.1 Å². The number of nitrogens with two attached hydrogens (primary N) is 1. The molecule has 0 aliphatic heterocycles. The van der Waals surface area contributed by atoms with E-state index in [4.69, 9.17) is 5.73 Å². The molecule has 0 unspecified atom stereocenters. The van der Waals surface area contributed by atoms with Crippen LogP contribution < -0.4 is 11.1 Å². The quantitative estimate of drug-likeness (QED) is 0.543. The lowest BCUT2D eigenvalue weighted by molar-refractivity contribution is 0.629. The van der Waals surface area contributed by atoms with Crippen LogP contribution in [0.15, 0.2) is 24.5 Å². The van der Waals surface area contributed by atoms with Gasteiger partial charge in [-0.05, 0) is 24.6 Å². The van der Waals surface area contributed by atoms with Crippen LogP contribution in [0, 0.1) is 5.82 Å². The molecule has 1 aromatic carbocycles. The molecule has 0 spiro atoms. The normalized spacial score (nSPS) is 10.4. The third-order valence-corrected chi connectivity index (χ3v) is 2.30. The summed E-state index contributed by atoms with van der Waals surface area (Å²) in [6.07, 6.45) is 3.17. The van der Waals surface area contributed by atoms with Crippen LogP contribution in [0.3, 0.4) is 0 Å². The Morgan fingerprint density at radius 3 is 2.94 bits per heavy atom. The Kier molecular flexibility index (Phi) is 3.54. The molecule has 4 N–H and O–H groups in total. The van der Waals surface area contributed by atoms with Gasteiger partial charge in [-0.25, -0.2) is 9.37 Å². The van der Waals surface area contributed by atoms with Gasteiger partial charge in [0, 0.05) is 24.3 Å². The van der Waals surface area contributed by atoms with Crippen LogP contribution in [0.25, 0.3) is 0 Å². The molecule has 90 valence electrons. The molecule has 0 saturated heterocycles. The van der Waals surface area contributed by atoms with Crippen LogP contribution in [-0.4, -0.2) is 21.7 Å². The highest BCUT2D eigenvalue weighted by atomic mass is 19.1. The van der Waals surface area contributed by atoms with E-state index in [-0.39, 0.29) is 5.82 Å². The highest BCUT2D eigenvalue weighted by Crippen LogP contribution is 2.15. The molecule has 0 atom stereocenters. The van der Waals surface area contributed by atoms with Crippen molar-refractivity contribution in [2.24, 2.45) is 0 Å². The van der Waals surface area contributed by atoms with Gasteiger partial charge >= 0.3 is 0 Å². The van der Waals surface area contributed by atoms with Crippen LogP contribution >= 0.6 is 0 Å². The van der Waals surface area contributed by atoms with Crippen LogP contribution in [0.1, 0.15) is 12.2 Å². The van der Waals surface area contributed by atoms with Gasteiger partial charge in [-0.3, -0.25) is 5.10 Å². The summed E-state index contributed by atoms with van der Waals surface area (Å²) in [4.78, 5) is 4.01. The second kappa shape index (κ2) is 5.29. The fourth-order valence-corrected chi connectivity index (χ4v) is 1.55. The standard InChI is InChI=1S/C11H14FN5/c12-8-4-9(13)6-10(5-8)14-3-1-2-11-15-7-16-17-11/h4-7,14H,1-3,13H2,(H,15,16,17). The number of halogens is 1. The van der Waals surface area contributed by atoms with E-state index >= 15 is 0 Å². The van der Waals surface area contributed by atoms with Crippen LogP contribution in [-0.2, 0) is 6.42 Å². The molecule has 5 nitrogen and oxygen atoms in total. The van der Waals surface area contributed by atoms with Crippen molar-refractivity contribution in [2.45, 2.75) is 12.8 Å². The van der Waals surface area contributed by atoms with Crippen molar-refractivity contribution < 1.29 is 4.39 Å². The minimum absolute atomic E-state index is 0.331. The first-order chi connectivity index (χ1) is 8.24. The van der Waals surface area contributed by atoms with Gasteiger partial charge in [-0.15, -0.1) is 0 Å². The Morgan fingerprint density at radius 2 is 2.24 bits per heavy atom. The number of aryl methyl sites for hydroxylation is 1. The van der Waals surface area contributed by atoms with E-state index in [0.717, 1.165) is 25.2 Å². The number of nitrogen functional groups attached to an aromatic ring is 1. The number of rotatable bonds is 5. The summed E-state index contributed by atoms with van der Waals surface area (Å²) in [6, 6.07) is 4.42. The number of H-pyrrole nitrogens is 1. The van der Waals surface area contributed by atoms with E-state index in [1.165, 1.54) is 18.5 Å².